The molecule has 3 aliphatic rings. The van der Waals surface area contributed by atoms with Crippen LogP contribution in [-0.2, 0) is 9.47 Å². The van der Waals surface area contributed by atoms with E-state index in [-0.39, 0.29) is 5.78 Å². The van der Waals surface area contributed by atoms with Crippen molar-refractivity contribution in [1.82, 2.24) is 9.80 Å². The molecular weight excluding hydrogens is 412 g/mol. The maximum atomic E-state index is 13.9. The van der Waals surface area contributed by atoms with Gasteiger partial charge >= 0.3 is 0 Å². The smallest absolute Gasteiger partial charge is 0.191 e. The van der Waals surface area contributed by atoms with Crippen molar-refractivity contribution in [3.8, 4) is 5.75 Å². The number of carbonyl (C=O) groups excluding carboxylic acids is 1. The van der Waals surface area contributed by atoms with Gasteiger partial charge in [-0.05, 0) is 47.0 Å². The second-order valence-corrected chi connectivity index (χ2v) is 8.44. The summed E-state index contributed by atoms with van der Waals surface area (Å²) in [5, 5.41) is 0. The maximum absolute atomic E-state index is 13.9. The molecule has 0 bridgehead atoms. The summed E-state index contributed by atoms with van der Waals surface area (Å²) in [4.78, 5) is 18.5. The molecule has 0 N–H and O–H groups in total. The van der Waals surface area contributed by atoms with Crippen LogP contribution in [0.2, 0.25) is 0 Å². The first-order valence-corrected chi connectivity index (χ1v) is 10.4. The number of ketones is 1. The molecule has 6 nitrogen and oxygen atoms in total. The topological polar surface area (TPSA) is 51.2 Å². The Hall–Kier alpha value is -0.990. The molecule has 0 saturated carbocycles. The lowest BCUT2D eigenvalue weighted by molar-refractivity contribution is -0.0547. The van der Waals surface area contributed by atoms with Gasteiger partial charge in [0.15, 0.2) is 5.78 Å². The summed E-state index contributed by atoms with van der Waals surface area (Å²) in [5.74, 6) is 0.856. The summed E-state index contributed by atoms with van der Waals surface area (Å²) < 4.78 is 18.2. The Morgan fingerprint density at radius 1 is 1.07 bits per heavy atom. The largest absolute Gasteiger partial charge is 0.489 e. The average Bonchev–Trinajstić information content (AvgIpc) is 2.70. The number of nitrogens with zero attached hydrogens (tertiary/aromatic N) is 2. The lowest BCUT2D eigenvalue weighted by Crippen LogP contribution is -2.68. The standard InChI is InChI=1S/C20H27BrN2O4/c1-14-11-16-18(17(21)15(14)2)27-13-20(19(16)24,23-5-9-26-10-6-23)12-22-3-7-25-8-4-22/h11H,3-10,12-13H2,1-2H3/t20-/m0/s1. The summed E-state index contributed by atoms with van der Waals surface area (Å²) in [6.45, 7) is 11.1. The summed E-state index contributed by atoms with van der Waals surface area (Å²) in [6.07, 6.45) is 0. The molecule has 0 unspecified atom stereocenters. The Kier molecular flexibility index (Phi) is 5.58. The number of halogens is 1. The Labute approximate surface area is 168 Å². The Balaban J connectivity index is 1.73. The van der Waals surface area contributed by atoms with E-state index < -0.39 is 5.54 Å². The molecule has 1 atom stereocenters. The fraction of sp³-hybridized carbons (Fsp3) is 0.650. The molecule has 148 valence electrons. The van der Waals surface area contributed by atoms with Crippen LogP contribution in [0.25, 0.3) is 0 Å². The van der Waals surface area contributed by atoms with E-state index in [1.54, 1.807) is 0 Å². The quantitative estimate of drug-likeness (QED) is 0.719. The van der Waals surface area contributed by atoms with E-state index in [4.69, 9.17) is 14.2 Å². The van der Waals surface area contributed by atoms with Gasteiger partial charge in [0.2, 0.25) is 0 Å². The molecule has 0 aliphatic carbocycles. The van der Waals surface area contributed by atoms with Crippen molar-refractivity contribution in [1.29, 1.82) is 0 Å². The van der Waals surface area contributed by atoms with Crippen molar-refractivity contribution in [2.75, 3.05) is 65.8 Å². The van der Waals surface area contributed by atoms with E-state index in [9.17, 15) is 4.79 Å². The molecule has 0 aromatic heterocycles. The van der Waals surface area contributed by atoms with Gasteiger partial charge in [-0.1, -0.05) is 0 Å². The Morgan fingerprint density at radius 3 is 2.37 bits per heavy atom. The summed E-state index contributed by atoms with van der Waals surface area (Å²) >= 11 is 3.64. The normalized spacial score (nSPS) is 27.3. The van der Waals surface area contributed by atoms with Gasteiger partial charge in [-0.25, -0.2) is 0 Å². The molecule has 3 heterocycles. The van der Waals surface area contributed by atoms with Crippen molar-refractivity contribution in [2.24, 2.45) is 0 Å². The van der Waals surface area contributed by atoms with E-state index in [1.807, 2.05) is 19.9 Å². The van der Waals surface area contributed by atoms with Crippen LogP contribution in [0.3, 0.4) is 0 Å². The van der Waals surface area contributed by atoms with E-state index in [0.717, 1.165) is 41.8 Å². The molecule has 27 heavy (non-hydrogen) atoms. The van der Waals surface area contributed by atoms with Crippen LogP contribution in [0.4, 0.5) is 0 Å². The molecule has 4 rings (SSSR count). The van der Waals surface area contributed by atoms with Gasteiger partial charge in [-0.2, -0.15) is 0 Å². The zero-order chi connectivity index (χ0) is 19.0. The van der Waals surface area contributed by atoms with Crippen LogP contribution in [0.5, 0.6) is 5.75 Å². The van der Waals surface area contributed by atoms with Crippen LogP contribution in [0.1, 0.15) is 21.5 Å². The second-order valence-electron chi connectivity index (χ2n) is 7.65. The first-order chi connectivity index (χ1) is 13.0. The first kappa shape index (κ1) is 19.3. The van der Waals surface area contributed by atoms with Gasteiger partial charge in [-0.3, -0.25) is 14.6 Å². The third kappa shape index (κ3) is 3.44. The molecule has 2 saturated heterocycles. The number of carbonyl (C=O) groups is 1. The van der Waals surface area contributed by atoms with Crippen molar-refractivity contribution in [3.05, 3.63) is 27.2 Å². The van der Waals surface area contributed by atoms with Crippen molar-refractivity contribution < 1.29 is 19.0 Å². The van der Waals surface area contributed by atoms with Crippen molar-refractivity contribution >= 4 is 21.7 Å². The van der Waals surface area contributed by atoms with E-state index >= 15 is 0 Å². The van der Waals surface area contributed by atoms with E-state index in [1.165, 1.54) is 0 Å². The number of benzene rings is 1. The molecule has 7 heteroatoms. The Bertz CT molecular complexity index is 729. The Morgan fingerprint density at radius 2 is 1.70 bits per heavy atom. The lowest BCUT2D eigenvalue weighted by atomic mass is 9.83. The highest BCUT2D eigenvalue weighted by Crippen LogP contribution is 2.41. The predicted molar refractivity (Wildman–Crippen MR) is 106 cm³/mol. The molecule has 0 spiro atoms. The van der Waals surface area contributed by atoms with Gasteiger partial charge < -0.3 is 14.2 Å². The second kappa shape index (κ2) is 7.79. The van der Waals surface area contributed by atoms with Crippen molar-refractivity contribution in [2.45, 2.75) is 19.4 Å². The molecule has 2 fully saturated rings. The third-order valence-corrected chi connectivity index (χ3v) is 7.01. The number of aryl methyl sites for hydroxylation is 1. The maximum Gasteiger partial charge on any atom is 0.191 e. The van der Waals surface area contributed by atoms with Crippen LogP contribution >= 0.6 is 15.9 Å². The molecule has 0 amide bonds. The first-order valence-electron chi connectivity index (χ1n) is 9.63. The number of Topliss-reactive ketones (excluding diaryl/α,β-unsaturated/α-hetero) is 1. The highest BCUT2D eigenvalue weighted by atomic mass is 79.9. The number of ether oxygens (including phenoxy) is 3. The fourth-order valence-corrected chi connectivity index (χ4v) is 4.88. The van der Waals surface area contributed by atoms with Crippen LogP contribution < -0.4 is 4.74 Å². The number of hydrogen-bond acceptors (Lipinski definition) is 6. The zero-order valence-electron chi connectivity index (χ0n) is 16.1. The highest BCUT2D eigenvalue weighted by Gasteiger charge is 2.50. The lowest BCUT2D eigenvalue weighted by Gasteiger charge is -2.48. The molecule has 1 aromatic rings. The minimum atomic E-state index is -0.671. The molecule has 3 aliphatic heterocycles. The molecule has 1 aromatic carbocycles. The number of fused-ring (bicyclic) bond motifs is 1. The SMILES string of the molecule is Cc1cc2c(c(Br)c1C)OC[C@](CN1CCOCC1)(N1CCOCC1)C2=O. The number of morpholine rings is 2. The van der Waals surface area contributed by atoms with Gasteiger partial charge in [0, 0.05) is 32.7 Å². The minimum absolute atomic E-state index is 0.168. The van der Waals surface area contributed by atoms with Gasteiger partial charge in [0.25, 0.3) is 0 Å². The highest BCUT2D eigenvalue weighted by molar-refractivity contribution is 9.10. The van der Waals surface area contributed by atoms with Crippen LogP contribution in [-0.4, -0.2) is 86.9 Å². The summed E-state index contributed by atoms with van der Waals surface area (Å²) in [5.41, 5.74) is 2.24. The van der Waals surface area contributed by atoms with E-state index in [2.05, 4.69) is 25.7 Å². The fourth-order valence-electron chi connectivity index (χ4n) is 4.24. The summed E-state index contributed by atoms with van der Waals surface area (Å²) in [6, 6.07) is 1.99. The number of hydrogen-bond donors (Lipinski definition) is 0. The van der Waals surface area contributed by atoms with Crippen LogP contribution in [0.15, 0.2) is 10.5 Å². The molecule has 0 radical (unpaired) electrons. The summed E-state index contributed by atoms with van der Waals surface area (Å²) in [7, 11) is 0. The van der Waals surface area contributed by atoms with Gasteiger partial charge in [-0.15, -0.1) is 0 Å². The predicted octanol–water partition coefficient (Wildman–Crippen LogP) is 2.04. The van der Waals surface area contributed by atoms with Gasteiger partial charge in [0.1, 0.15) is 17.9 Å². The zero-order valence-corrected chi connectivity index (χ0v) is 17.6. The molecular formula is C20H27BrN2O4. The minimum Gasteiger partial charge on any atom is -0.489 e. The van der Waals surface area contributed by atoms with Gasteiger partial charge in [0.05, 0.1) is 36.5 Å². The monoisotopic (exact) mass is 438 g/mol. The van der Waals surface area contributed by atoms with Crippen molar-refractivity contribution in [3.63, 3.8) is 0 Å². The number of rotatable bonds is 3. The van der Waals surface area contributed by atoms with Crippen LogP contribution in [0, 0.1) is 13.8 Å². The van der Waals surface area contributed by atoms with E-state index in [0.29, 0.717) is 50.9 Å². The third-order valence-electron chi connectivity index (χ3n) is 6.05. The average molecular weight is 439 g/mol.